The van der Waals surface area contributed by atoms with Crippen molar-refractivity contribution in [2.75, 3.05) is 29.6 Å². The molecule has 2 heterocycles. The Kier molecular flexibility index (Phi) is 5.94. The van der Waals surface area contributed by atoms with Crippen molar-refractivity contribution in [3.8, 4) is 0 Å². The lowest BCUT2D eigenvalue weighted by Crippen LogP contribution is -2.30. The summed E-state index contributed by atoms with van der Waals surface area (Å²) in [5.74, 6) is -0.468. The number of piperidine rings is 1. The molecule has 0 saturated carbocycles. The van der Waals surface area contributed by atoms with E-state index in [2.05, 4.69) is 10.3 Å². The fraction of sp³-hybridized carbons (Fsp3) is 0.368. The van der Waals surface area contributed by atoms with E-state index < -0.39 is 17.6 Å². The van der Waals surface area contributed by atoms with E-state index in [0.29, 0.717) is 16.3 Å². The lowest BCUT2D eigenvalue weighted by atomic mass is 10.1. The first kappa shape index (κ1) is 19.5. The lowest BCUT2D eigenvalue weighted by Gasteiger charge is -2.31. The van der Waals surface area contributed by atoms with Gasteiger partial charge in [-0.3, -0.25) is 4.79 Å². The van der Waals surface area contributed by atoms with Crippen LogP contribution in [0.15, 0.2) is 41.6 Å². The maximum absolute atomic E-state index is 13.2. The molecule has 2 aromatic rings. The second kappa shape index (κ2) is 8.21. The number of hydrogen-bond acceptors (Lipinski definition) is 4. The van der Waals surface area contributed by atoms with Crippen molar-refractivity contribution in [2.24, 2.45) is 0 Å². The highest BCUT2D eigenvalue weighted by molar-refractivity contribution is 7.98. The molecule has 4 nitrogen and oxygen atoms in total. The molecule has 1 aromatic heterocycles. The summed E-state index contributed by atoms with van der Waals surface area (Å²) in [5, 5.41) is 3.21. The van der Waals surface area contributed by atoms with Gasteiger partial charge in [-0.2, -0.15) is 13.2 Å². The van der Waals surface area contributed by atoms with E-state index >= 15 is 0 Å². The van der Waals surface area contributed by atoms with Crippen molar-refractivity contribution in [1.82, 2.24) is 4.98 Å². The SMILES string of the molecule is CSc1ncccc1C(=O)Nc1cc(C(F)(F)F)ccc1N1CCCCC1. The largest absolute Gasteiger partial charge is 0.416 e. The number of benzene rings is 1. The summed E-state index contributed by atoms with van der Waals surface area (Å²) in [6.45, 7) is 1.52. The number of carbonyl (C=O) groups is 1. The van der Waals surface area contributed by atoms with Crippen LogP contribution in [-0.4, -0.2) is 30.2 Å². The van der Waals surface area contributed by atoms with Crippen molar-refractivity contribution < 1.29 is 18.0 Å². The first-order valence-corrected chi connectivity index (χ1v) is 9.89. The number of nitrogens with one attached hydrogen (secondary N) is 1. The van der Waals surface area contributed by atoms with Gasteiger partial charge in [0.25, 0.3) is 5.91 Å². The average molecular weight is 395 g/mol. The van der Waals surface area contributed by atoms with E-state index in [1.807, 2.05) is 4.90 Å². The van der Waals surface area contributed by atoms with Gasteiger partial charge in [0.15, 0.2) is 0 Å². The number of carbonyl (C=O) groups excluding carboxylic acids is 1. The van der Waals surface area contributed by atoms with Crippen LogP contribution in [-0.2, 0) is 6.18 Å². The number of rotatable bonds is 4. The number of amides is 1. The van der Waals surface area contributed by atoms with Crippen LogP contribution in [0.3, 0.4) is 0 Å². The average Bonchev–Trinajstić information content (AvgIpc) is 2.67. The van der Waals surface area contributed by atoms with Crippen LogP contribution >= 0.6 is 11.8 Å². The number of anilines is 2. The van der Waals surface area contributed by atoms with E-state index in [0.717, 1.165) is 44.5 Å². The van der Waals surface area contributed by atoms with E-state index in [9.17, 15) is 18.0 Å². The minimum Gasteiger partial charge on any atom is -0.370 e. The van der Waals surface area contributed by atoms with Crippen LogP contribution in [0, 0.1) is 0 Å². The molecule has 0 unspecified atom stereocenters. The van der Waals surface area contributed by atoms with Gasteiger partial charge in [0.05, 0.1) is 22.5 Å². The molecule has 144 valence electrons. The van der Waals surface area contributed by atoms with E-state index in [1.54, 1.807) is 24.6 Å². The van der Waals surface area contributed by atoms with Gasteiger partial charge >= 0.3 is 6.18 Å². The number of aromatic nitrogens is 1. The Morgan fingerprint density at radius 3 is 2.59 bits per heavy atom. The second-order valence-electron chi connectivity index (χ2n) is 6.29. The van der Waals surface area contributed by atoms with Gasteiger partial charge in [-0.15, -0.1) is 11.8 Å². The van der Waals surface area contributed by atoms with Crippen molar-refractivity contribution in [2.45, 2.75) is 30.5 Å². The molecular weight excluding hydrogens is 375 g/mol. The Morgan fingerprint density at radius 1 is 1.19 bits per heavy atom. The lowest BCUT2D eigenvalue weighted by molar-refractivity contribution is -0.137. The minimum atomic E-state index is -4.47. The standard InChI is InChI=1S/C19H20F3N3OS/c1-27-18-14(6-5-9-23-18)17(26)24-15-12-13(19(20,21)22)7-8-16(15)25-10-3-2-4-11-25/h5-9,12H,2-4,10-11H2,1H3,(H,24,26). The van der Waals surface area contributed by atoms with E-state index in [-0.39, 0.29) is 5.69 Å². The van der Waals surface area contributed by atoms with Crippen molar-refractivity contribution in [3.63, 3.8) is 0 Å². The topological polar surface area (TPSA) is 45.2 Å². The Labute approximate surface area is 160 Å². The highest BCUT2D eigenvalue weighted by Gasteiger charge is 2.32. The molecule has 0 aliphatic carbocycles. The predicted octanol–water partition coefficient (Wildman–Crippen LogP) is 5.06. The van der Waals surface area contributed by atoms with Gasteiger partial charge in [-0.05, 0) is 55.9 Å². The molecule has 0 spiro atoms. The quantitative estimate of drug-likeness (QED) is 0.735. The molecule has 0 radical (unpaired) electrons. The molecule has 1 amide bonds. The summed E-state index contributed by atoms with van der Waals surface area (Å²) in [7, 11) is 0. The third kappa shape index (κ3) is 4.55. The first-order valence-electron chi connectivity index (χ1n) is 8.66. The maximum Gasteiger partial charge on any atom is 0.416 e. The summed E-state index contributed by atoms with van der Waals surface area (Å²) in [4.78, 5) is 18.9. The number of alkyl halides is 3. The van der Waals surface area contributed by atoms with Crippen LogP contribution in [0.1, 0.15) is 35.2 Å². The Balaban J connectivity index is 1.96. The van der Waals surface area contributed by atoms with Crippen LogP contribution in [0.4, 0.5) is 24.5 Å². The summed E-state index contributed by atoms with van der Waals surface area (Å²) in [6.07, 6.45) is 1.96. The third-order valence-electron chi connectivity index (χ3n) is 4.48. The zero-order chi connectivity index (χ0) is 19.4. The zero-order valence-electron chi connectivity index (χ0n) is 14.8. The third-order valence-corrected chi connectivity index (χ3v) is 5.19. The summed E-state index contributed by atoms with van der Waals surface area (Å²) >= 11 is 1.31. The fourth-order valence-electron chi connectivity index (χ4n) is 3.14. The van der Waals surface area contributed by atoms with Gasteiger partial charge in [0.1, 0.15) is 5.03 Å². The molecule has 0 bridgehead atoms. The molecule has 1 aliphatic heterocycles. The molecule has 8 heteroatoms. The smallest absolute Gasteiger partial charge is 0.370 e. The van der Waals surface area contributed by atoms with Crippen LogP contribution < -0.4 is 10.2 Å². The molecular formula is C19H20F3N3OS. The van der Waals surface area contributed by atoms with E-state index in [4.69, 9.17) is 0 Å². The molecule has 3 rings (SSSR count). The van der Waals surface area contributed by atoms with Gasteiger partial charge in [0.2, 0.25) is 0 Å². The van der Waals surface area contributed by atoms with Crippen molar-refractivity contribution >= 4 is 29.0 Å². The Morgan fingerprint density at radius 2 is 1.93 bits per heavy atom. The summed E-state index contributed by atoms with van der Waals surface area (Å²) in [6, 6.07) is 6.77. The number of nitrogens with zero attached hydrogens (tertiary/aromatic N) is 2. The maximum atomic E-state index is 13.2. The fourth-order valence-corrected chi connectivity index (χ4v) is 3.69. The summed E-state index contributed by atoms with van der Waals surface area (Å²) < 4.78 is 39.5. The second-order valence-corrected chi connectivity index (χ2v) is 7.09. The summed E-state index contributed by atoms with van der Waals surface area (Å²) in [5.41, 5.74) is 0.347. The van der Waals surface area contributed by atoms with Gasteiger partial charge < -0.3 is 10.2 Å². The molecule has 0 atom stereocenters. The number of hydrogen-bond donors (Lipinski definition) is 1. The first-order chi connectivity index (χ1) is 12.9. The number of thioether (sulfide) groups is 1. The molecule has 1 N–H and O–H groups in total. The monoisotopic (exact) mass is 395 g/mol. The molecule has 1 saturated heterocycles. The Bertz CT molecular complexity index is 820. The molecule has 27 heavy (non-hydrogen) atoms. The number of pyridine rings is 1. The molecule has 1 aromatic carbocycles. The van der Waals surface area contributed by atoms with E-state index in [1.165, 1.54) is 17.8 Å². The van der Waals surface area contributed by atoms with Crippen molar-refractivity contribution in [3.05, 3.63) is 47.7 Å². The van der Waals surface area contributed by atoms with Gasteiger partial charge in [0, 0.05) is 19.3 Å². The normalized spacial score (nSPS) is 14.9. The Hall–Kier alpha value is -2.22. The predicted molar refractivity (Wildman–Crippen MR) is 101 cm³/mol. The van der Waals surface area contributed by atoms with Crippen LogP contribution in [0.5, 0.6) is 0 Å². The number of halogens is 3. The highest BCUT2D eigenvalue weighted by Crippen LogP contribution is 2.36. The van der Waals surface area contributed by atoms with Crippen LogP contribution in [0.2, 0.25) is 0 Å². The molecule has 1 aliphatic rings. The van der Waals surface area contributed by atoms with Crippen LogP contribution in [0.25, 0.3) is 0 Å². The minimum absolute atomic E-state index is 0.174. The van der Waals surface area contributed by atoms with Gasteiger partial charge in [-0.1, -0.05) is 0 Å². The van der Waals surface area contributed by atoms with Crippen molar-refractivity contribution in [1.29, 1.82) is 0 Å². The zero-order valence-corrected chi connectivity index (χ0v) is 15.7. The van der Waals surface area contributed by atoms with Gasteiger partial charge in [-0.25, -0.2) is 4.98 Å². The highest BCUT2D eigenvalue weighted by atomic mass is 32.2. The molecule has 1 fully saturated rings.